The number of hydrogen-bond acceptors (Lipinski definition) is 12. The number of aliphatic hydroxyl groups is 1. The average molecular weight is 717 g/mol. The first-order chi connectivity index (χ1) is 24.2. The number of ether oxygens (including phenoxy) is 2. The van der Waals surface area contributed by atoms with Crippen molar-refractivity contribution in [3.05, 3.63) is 35.3 Å². The Labute approximate surface area is 293 Å². The zero-order valence-corrected chi connectivity index (χ0v) is 29.2. The van der Waals surface area contributed by atoms with Crippen LogP contribution in [0.15, 0.2) is 18.2 Å². The topological polar surface area (TPSA) is 136 Å². The largest absolute Gasteiger partial charge is 0.461 e. The van der Waals surface area contributed by atoms with E-state index in [1.54, 1.807) is 13.0 Å². The van der Waals surface area contributed by atoms with E-state index in [9.17, 15) is 14.8 Å². The summed E-state index contributed by atoms with van der Waals surface area (Å²) in [6.45, 7) is 6.54. The van der Waals surface area contributed by atoms with Gasteiger partial charge in [-0.3, -0.25) is 10.00 Å². The van der Waals surface area contributed by atoms with Gasteiger partial charge in [0.2, 0.25) is 0 Å². The standard InChI is InChI=1S/C35H34F2N8O3S2/c1-3-20-21(37)6-5-18-11-22-25(23(13-38)42-41-22)26(24(18)20)28-30-29(50-43-28)27-31(44-9-10-47-16-34(2,46)15-44)39-33(40-32(27)49-30)48-17-35-7-4-8-45(35)14-19(36)12-35/h5-6,11,19,46H,3-4,7-10,12,14-17H2,1-2H3,(H,41,42)/t19-,34+,35+/m1/s1. The highest BCUT2D eigenvalue weighted by molar-refractivity contribution is 7.31. The van der Waals surface area contributed by atoms with Crippen LogP contribution < -0.4 is 9.64 Å². The van der Waals surface area contributed by atoms with Crippen LogP contribution in [-0.4, -0.2) is 97.9 Å². The number of nitrogens with zero attached hydrogens (tertiary/aromatic N) is 7. The zero-order valence-electron chi connectivity index (χ0n) is 27.6. The Morgan fingerprint density at radius 2 is 2.10 bits per heavy atom. The van der Waals surface area contributed by atoms with Gasteiger partial charge in [-0.25, -0.2) is 8.78 Å². The van der Waals surface area contributed by atoms with Gasteiger partial charge in [0.15, 0.2) is 5.69 Å². The minimum absolute atomic E-state index is 0.187. The Morgan fingerprint density at radius 3 is 2.94 bits per heavy atom. The molecule has 4 aromatic heterocycles. The molecule has 2 N–H and O–H groups in total. The molecule has 3 aliphatic heterocycles. The molecular weight excluding hydrogens is 683 g/mol. The van der Waals surface area contributed by atoms with Gasteiger partial charge in [-0.05, 0) is 72.7 Å². The number of nitrogens with one attached hydrogen (secondary N) is 1. The number of β-amino-alcohol motifs (C(OH)–C–C–N with tert-alkyl or cyclic N) is 1. The SMILES string of the molecule is CCc1c(F)ccc2cc3[nH]nc(C#N)c3c(-c3nsc4c3sc3nc(OC[C@@]56CCCN5C[C@H](F)C6)nc(N5CCOC[C@@](C)(O)C5)c34)c12. The van der Waals surface area contributed by atoms with E-state index in [0.29, 0.717) is 76.3 Å². The normalized spacial score (nSPS) is 24.5. The second kappa shape index (κ2) is 11.7. The van der Waals surface area contributed by atoms with E-state index in [1.165, 1.54) is 28.9 Å². The number of aromatic amines is 1. The fourth-order valence-electron chi connectivity index (χ4n) is 8.31. The lowest BCUT2D eigenvalue weighted by Gasteiger charge is -2.31. The number of nitriles is 1. The number of rotatable bonds is 6. The molecule has 3 fully saturated rings. The number of anilines is 1. The average Bonchev–Trinajstić information content (AvgIpc) is 3.89. The van der Waals surface area contributed by atoms with Crippen LogP contribution in [0.3, 0.4) is 0 Å². The Balaban J connectivity index is 1.26. The summed E-state index contributed by atoms with van der Waals surface area (Å²) in [6.07, 6.45) is 1.84. The van der Waals surface area contributed by atoms with Crippen molar-refractivity contribution in [2.24, 2.45) is 0 Å². The molecule has 0 unspecified atom stereocenters. The Bertz CT molecular complexity index is 2370. The Morgan fingerprint density at radius 1 is 1.22 bits per heavy atom. The molecule has 0 spiro atoms. The predicted octanol–water partition coefficient (Wildman–Crippen LogP) is 6.11. The van der Waals surface area contributed by atoms with Crippen molar-refractivity contribution in [2.45, 2.75) is 56.8 Å². The maximum absolute atomic E-state index is 15.4. The van der Waals surface area contributed by atoms with Crippen molar-refractivity contribution in [3.8, 4) is 23.3 Å². The molecule has 15 heteroatoms. The maximum Gasteiger partial charge on any atom is 0.319 e. The van der Waals surface area contributed by atoms with Crippen LogP contribution in [0.4, 0.5) is 14.6 Å². The molecule has 7 heterocycles. The molecule has 3 saturated heterocycles. The van der Waals surface area contributed by atoms with Crippen LogP contribution in [0.25, 0.3) is 52.5 Å². The van der Waals surface area contributed by atoms with Gasteiger partial charge in [-0.15, -0.1) is 11.3 Å². The van der Waals surface area contributed by atoms with Crippen LogP contribution >= 0.6 is 22.9 Å². The number of alkyl halides is 1. The first-order valence-electron chi connectivity index (χ1n) is 16.9. The molecule has 6 aromatic rings. The van der Waals surface area contributed by atoms with Crippen LogP contribution in [0, 0.1) is 17.1 Å². The monoisotopic (exact) mass is 716 g/mol. The van der Waals surface area contributed by atoms with E-state index in [-0.39, 0.29) is 42.8 Å². The third-order valence-corrected chi connectivity index (χ3v) is 12.6. The molecule has 0 amide bonds. The third kappa shape index (κ3) is 4.95. The van der Waals surface area contributed by atoms with E-state index in [4.69, 9.17) is 23.8 Å². The molecule has 3 atom stereocenters. The third-order valence-electron chi connectivity index (χ3n) is 10.5. The van der Waals surface area contributed by atoms with Gasteiger partial charge in [0.05, 0.1) is 45.6 Å². The van der Waals surface area contributed by atoms with Gasteiger partial charge >= 0.3 is 6.01 Å². The summed E-state index contributed by atoms with van der Waals surface area (Å²) < 4.78 is 48.8. The first-order valence-corrected chi connectivity index (χ1v) is 18.5. The zero-order chi connectivity index (χ0) is 34.4. The van der Waals surface area contributed by atoms with Crippen molar-refractivity contribution in [3.63, 3.8) is 0 Å². The molecule has 0 radical (unpaired) electrons. The first kappa shape index (κ1) is 31.9. The number of fused-ring (bicyclic) bond motifs is 6. The number of halogens is 2. The highest BCUT2D eigenvalue weighted by Gasteiger charge is 2.49. The van der Waals surface area contributed by atoms with Crippen molar-refractivity contribution >= 4 is 70.0 Å². The lowest BCUT2D eigenvalue weighted by Crippen LogP contribution is -2.43. The number of benzene rings is 2. The molecule has 0 saturated carbocycles. The van der Waals surface area contributed by atoms with Gasteiger partial charge < -0.3 is 19.5 Å². The summed E-state index contributed by atoms with van der Waals surface area (Å²) in [5.41, 5.74) is 1.16. The van der Waals surface area contributed by atoms with Crippen molar-refractivity contribution in [2.75, 3.05) is 50.9 Å². The molecule has 0 aliphatic carbocycles. The summed E-state index contributed by atoms with van der Waals surface area (Å²) in [5.74, 6) is 0.273. The minimum atomic E-state index is -1.13. The summed E-state index contributed by atoms with van der Waals surface area (Å²) in [6, 6.07) is 7.51. The summed E-state index contributed by atoms with van der Waals surface area (Å²) in [5, 5.41) is 31.4. The number of thiophene rings is 1. The van der Waals surface area contributed by atoms with E-state index < -0.39 is 11.8 Å². The molecule has 9 rings (SSSR count). The van der Waals surface area contributed by atoms with E-state index in [2.05, 4.69) is 21.2 Å². The van der Waals surface area contributed by atoms with Crippen LogP contribution in [0.2, 0.25) is 0 Å². The molecular formula is C35H34F2N8O3S2. The highest BCUT2D eigenvalue weighted by Crippen LogP contribution is 2.49. The van der Waals surface area contributed by atoms with Crippen LogP contribution in [0.1, 0.15) is 44.4 Å². The number of H-pyrrole nitrogens is 1. The van der Waals surface area contributed by atoms with E-state index in [1.807, 2.05) is 17.9 Å². The van der Waals surface area contributed by atoms with Crippen LogP contribution in [0.5, 0.6) is 6.01 Å². The minimum Gasteiger partial charge on any atom is -0.461 e. The molecule has 3 aliphatic rings. The van der Waals surface area contributed by atoms with Crippen molar-refractivity contribution in [1.29, 1.82) is 5.26 Å². The fourth-order valence-corrected chi connectivity index (χ4v) is 10.5. The fraction of sp³-hybridized carbons (Fsp3) is 0.457. The quantitative estimate of drug-likeness (QED) is 0.208. The maximum atomic E-state index is 15.4. The van der Waals surface area contributed by atoms with Crippen LogP contribution in [-0.2, 0) is 11.2 Å². The van der Waals surface area contributed by atoms with E-state index >= 15 is 4.39 Å². The van der Waals surface area contributed by atoms with Gasteiger partial charge in [-0.1, -0.05) is 13.0 Å². The molecule has 2 aromatic carbocycles. The van der Waals surface area contributed by atoms with E-state index in [0.717, 1.165) is 39.6 Å². The summed E-state index contributed by atoms with van der Waals surface area (Å²) in [4.78, 5) is 14.8. The number of aryl methyl sites for hydroxylation is 1. The second-order valence-corrected chi connectivity index (χ2v) is 15.7. The Hall–Kier alpha value is -4.07. The lowest BCUT2D eigenvalue weighted by molar-refractivity contribution is -0.0123. The van der Waals surface area contributed by atoms with Gasteiger partial charge in [0.25, 0.3) is 0 Å². The highest BCUT2D eigenvalue weighted by atomic mass is 32.1. The van der Waals surface area contributed by atoms with Gasteiger partial charge in [0.1, 0.15) is 46.6 Å². The van der Waals surface area contributed by atoms with Gasteiger partial charge in [-0.2, -0.15) is 24.7 Å². The predicted molar refractivity (Wildman–Crippen MR) is 189 cm³/mol. The second-order valence-electron chi connectivity index (χ2n) is 14.0. The number of hydrogen-bond donors (Lipinski definition) is 2. The Kier molecular flexibility index (Phi) is 7.49. The summed E-state index contributed by atoms with van der Waals surface area (Å²) >= 11 is 2.73. The molecule has 0 bridgehead atoms. The summed E-state index contributed by atoms with van der Waals surface area (Å²) in [7, 11) is 0. The smallest absolute Gasteiger partial charge is 0.319 e. The van der Waals surface area contributed by atoms with Gasteiger partial charge in [0, 0.05) is 30.5 Å². The lowest BCUT2D eigenvalue weighted by atomic mass is 9.92. The van der Waals surface area contributed by atoms with Crippen molar-refractivity contribution < 1.29 is 23.4 Å². The van der Waals surface area contributed by atoms with Crippen molar-refractivity contribution in [1.82, 2.24) is 29.4 Å². The molecule has 258 valence electrons. The number of aromatic nitrogens is 5. The molecule has 11 nitrogen and oxygen atoms in total. The molecule has 50 heavy (non-hydrogen) atoms.